The van der Waals surface area contributed by atoms with Gasteiger partial charge in [0, 0.05) is 18.7 Å². The van der Waals surface area contributed by atoms with Crippen molar-refractivity contribution in [3.05, 3.63) is 29.1 Å². The number of carbonyl (C=O) groups is 1. The van der Waals surface area contributed by atoms with Crippen molar-refractivity contribution < 1.29 is 4.79 Å². The van der Waals surface area contributed by atoms with Crippen molar-refractivity contribution in [2.24, 2.45) is 5.92 Å². The fraction of sp³-hybridized carbons (Fsp3) is 0.500. The molecule has 0 radical (unpaired) electrons. The van der Waals surface area contributed by atoms with E-state index >= 15 is 0 Å². The van der Waals surface area contributed by atoms with Crippen LogP contribution in [0.5, 0.6) is 0 Å². The van der Waals surface area contributed by atoms with E-state index in [1.165, 1.54) is 12.8 Å². The number of rotatable bonds is 2. The molecule has 2 heterocycles. The summed E-state index contributed by atoms with van der Waals surface area (Å²) in [5.41, 5.74) is 2.91. The van der Waals surface area contributed by atoms with E-state index in [2.05, 4.69) is 10.3 Å². The number of hydrogen-bond donors (Lipinski definition) is 1. The molecule has 1 aliphatic carbocycles. The summed E-state index contributed by atoms with van der Waals surface area (Å²) >= 11 is 0. The van der Waals surface area contributed by atoms with E-state index in [0.717, 1.165) is 42.3 Å². The number of nitrogens with one attached hydrogen (secondary N) is 1. The Bertz CT molecular complexity index is 410. The average molecular weight is 202 g/mol. The van der Waals surface area contributed by atoms with Crippen LogP contribution in [0, 0.1) is 5.92 Å². The summed E-state index contributed by atoms with van der Waals surface area (Å²) in [6.07, 6.45) is 4.66. The second-order valence-electron chi connectivity index (χ2n) is 4.45. The SMILES string of the molecule is O=C1NCCc2nc(CC3CC3)ccc21. The number of carbonyl (C=O) groups excluding carboxylic acids is 1. The zero-order valence-corrected chi connectivity index (χ0v) is 8.62. The highest BCUT2D eigenvalue weighted by Crippen LogP contribution is 2.32. The topological polar surface area (TPSA) is 42.0 Å². The molecular weight excluding hydrogens is 188 g/mol. The molecule has 1 N–H and O–H groups in total. The molecule has 1 aromatic rings. The Labute approximate surface area is 88.9 Å². The Kier molecular flexibility index (Phi) is 1.97. The Hall–Kier alpha value is -1.38. The summed E-state index contributed by atoms with van der Waals surface area (Å²) in [4.78, 5) is 16.1. The lowest BCUT2D eigenvalue weighted by Crippen LogP contribution is -2.32. The lowest BCUT2D eigenvalue weighted by atomic mass is 10.0. The second-order valence-corrected chi connectivity index (χ2v) is 4.45. The third kappa shape index (κ3) is 1.74. The highest BCUT2D eigenvalue weighted by Gasteiger charge is 2.23. The molecule has 1 saturated carbocycles. The number of hydrogen-bond acceptors (Lipinski definition) is 2. The Morgan fingerprint density at radius 3 is 3.07 bits per heavy atom. The minimum absolute atomic E-state index is 0.0294. The molecule has 1 fully saturated rings. The molecule has 1 amide bonds. The first-order valence-electron chi connectivity index (χ1n) is 5.60. The van der Waals surface area contributed by atoms with Gasteiger partial charge >= 0.3 is 0 Å². The minimum Gasteiger partial charge on any atom is -0.352 e. The molecule has 0 aromatic carbocycles. The monoisotopic (exact) mass is 202 g/mol. The first-order valence-corrected chi connectivity index (χ1v) is 5.60. The average Bonchev–Trinajstić information content (AvgIpc) is 3.02. The minimum atomic E-state index is 0.0294. The molecule has 78 valence electrons. The van der Waals surface area contributed by atoms with Gasteiger partial charge in [-0.25, -0.2) is 0 Å². The van der Waals surface area contributed by atoms with Crippen molar-refractivity contribution >= 4 is 5.91 Å². The molecule has 3 rings (SSSR count). The molecule has 0 bridgehead atoms. The summed E-state index contributed by atoms with van der Waals surface area (Å²) in [6.45, 7) is 0.728. The molecule has 0 atom stereocenters. The van der Waals surface area contributed by atoms with Crippen molar-refractivity contribution in [3.63, 3.8) is 0 Å². The highest BCUT2D eigenvalue weighted by atomic mass is 16.1. The number of pyridine rings is 1. The Morgan fingerprint density at radius 1 is 1.40 bits per heavy atom. The molecule has 2 aliphatic rings. The maximum absolute atomic E-state index is 11.5. The normalized spacial score (nSPS) is 19.6. The van der Waals surface area contributed by atoms with Crippen molar-refractivity contribution in [1.29, 1.82) is 0 Å². The van der Waals surface area contributed by atoms with Crippen molar-refractivity contribution in [1.82, 2.24) is 10.3 Å². The maximum Gasteiger partial charge on any atom is 0.253 e. The number of nitrogens with zero attached hydrogens (tertiary/aromatic N) is 1. The van der Waals surface area contributed by atoms with E-state index in [4.69, 9.17) is 0 Å². The molecule has 3 nitrogen and oxygen atoms in total. The molecule has 1 aliphatic heterocycles. The standard InChI is InChI=1S/C12H14N2O/c15-12-10-4-3-9(7-8-1-2-8)14-11(10)5-6-13-12/h3-4,8H,1-2,5-7H2,(H,13,15). The second kappa shape index (κ2) is 3.33. The smallest absolute Gasteiger partial charge is 0.253 e. The van der Waals surface area contributed by atoms with Crippen LogP contribution in [0.25, 0.3) is 0 Å². The van der Waals surface area contributed by atoms with Crippen molar-refractivity contribution in [2.75, 3.05) is 6.54 Å². The molecule has 3 heteroatoms. The van der Waals surface area contributed by atoms with Gasteiger partial charge in [0.2, 0.25) is 0 Å². The predicted molar refractivity (Wildman–Crippen MR) is 56.7 cm³/mol. The van der Waals surface area contributed by atoms with E-state index in [-0.39, 0.29) is 5.91 Å². The van der Waals surface area contributed by atoms with Gasteiger partial charge in [-0.1, -0.05) is 0 Å². The Balaban J connectivity index is 1.90. The van der Waals surface area contributed by atoms with Crippen LogP contribution in [0.4, 0.5) is 0 Å². The van der Waals surface area contributed by atoms with E-state index in [0.29, 0.717) is 0 Å². The van der Waals surface area contributed by atoms with E-state index in [1.807, 2.05) is 12.1 Å². The molecule has 0 unspecified atom stereocenters. The van der Waals surface area contributed by atoms with Crippen LogP contribution in [0.15, 0.2) is 12.1 Å². The number of aromatic nitrogens is 1. The van der Waals surface area contributed by atoms with Crippen molar-refractivity contribution in [3.8, 4) is 0 Å². The van der Waals surface area contributed by atoms with Crippen LogP contribution < -0.4 is 5.32 Å². The van der Waals surface area contributed by atoms with Gasteiger partial charge in [-0.15, -0.1) is 0 Å². The fourth-order valence-electron chi connectivity index (χ4n) is 2.06. The number of fused-ring (bicyclic) bond motifs is 1. The third-order valence-electron chi connectivity index (χ3n) is 3.12. The van der Waals surface area contributed by atoms with Crippen LogP contribution in [0.3, 0.4) is 0 Å². The lowest BCUT2D eigenvalue weighted by molar-refractivity contribution is 0.0945. The first kappa shape index (κ1) is 8.89. The quantitative estimate of drug-likeness (QED) is 0.786. The van der Waals surface area contributed by atoms with Crippen LogP contribution in [-0.4, -0.2) is 17.4 Å². The molecular formula is C12H14N2O. The molecule has 1 aromatic heterocycles. The van der Waals surface area contributed by atoms with Gasteiger partial charge in [-0.05, 0) is 37.3 Å². The molecule has 0 saturated heterocycles. The van der Waals surface area contributed by atoms with Gasteiger partial charge < -0.3 is 5.32 Å². The van der Waals surface area contributed by atoms with Gasteiger partial charge in [0.25, 0.3) is 5.91 Å². The summed E-state index contributed by atoms with van der Waals surface area (Å²) in [5, 5.41) is 2.83. The molecule has 0 spiro atoms. The van der Waals surface area contributed by atoms with Crippen molar-refractivity contribution in [2.45, 2.75) is 25.7 Å². The van der Waals surface area contributed by atoms with Crippen LogP contribution in [-0.2, 0) is 12.8 Å². The van der Waals surface area contributed by atoms with E-state index in [1.54, 1.807) is 0 Å². The largest absolute Gasteiger partial charge is 0.352 e. The first-order chi connectivity index (χ1) is 7.33. The summed E-state index contributed by atoms with van der Waals surface area (Å²) < 4.78 is 0. The predicted octanol–water partition coefficient (Wildman–Crippen LogP) is 1.32. The van der Waals surface area contributed by atoms with Crippen LogP contribution in [0.1, 0.15) is 34.6 Å². The summed E-state index contributed by atoms with van der Waals surface area (Å²) in [7, 11) is 0. The third-order valence-corrected chi connectivity index (χ3v) is 3.12. The maximum atomic E-state index is 11.5. The van der Waals surface area contributed by atoms with Crippen LogP contribution in [0.2, 0.25) is 0 Å². The van der Waals surface area contributed by atoms with Crippen LogP contribution >= 0.6 is 0 Å². The molecule has 15 heavy (non-hydrogen) atoms. The zero-order chi connectivity index (χ0) is 10.3. The van der Waals surface area contributed by atoms with E-state index in [9.17, 15) is 4.79 Å². The number of amides is 1. The Morgan fingerprint density at radius 2 is 2.27 bits per heavy atom. The van der Waals surface area contributed by atoms with Gasteiger partial charge in [0.1, 0.15) is 0 Å². The van der Waals surface area contributed by atoms with E-state index < -0.39 is 0 Å². The van der Waals surface area contributed by atoms with Gasteiger partial charge in [0.15, 0.2) is 0 Å². The summed E-state index contributed by atoms with van der Waals surface area (Å²) in [6, 6.07) is 3.93. The zero-order valence-electron chi connectivity index (χ0n) is 8.62. The fourth-order valence-corrected chi connectivity index (χ4v) is 2.06. The summed E-state index contributed by atoms with van der Waals surface area (Å²) in [5.74, 6) is 0.884. The van der Waals surface area contributed by atoms with Gasteiger partial charge in [-0.3, -0.25) is 9.78 Å². The van der Waals surface area contributed by atoms with Gasteiger partial charge in [-0.2, -0.15) is 0 Å². The highest BCUT2D eigenvalue weighted by molar-refractivity contribution is 5.96. The lowest BCUT2D eigenvalue weighted by Gasteiger charge is -2.16. The van der Waals surface area contributed by atoms with Gasteiger partial charge in [0.05, 0.1) is 11.3 Å².